The molecule has 160 valence electrons. The van der Waals surface area contributed by atoms with Crippen molar-refractivity contribution >= 4 is 17.5 Å². The van der Waals surface area contributed by atoms with Gasteiger partial charge in [0.25, 0.3) is 0 Å². The van der Waals surface area contributed by atoms with E-state index in [0.29, 0.717) is 56.8 Å². The molecule has 1 aliphatic heterocycles. The highest BCUT2D eigenvalue weighted by Crippen LogP contribution is 2.19. The van der Waals surface area contributed by atoms with Crippen LogP contribution in [-0.2, 0) is 16.0 Å². The second-order valence-electron chi connectivity index (χ2n) is 8.05. The number of nitrogens with zero attached hydrogens (tertiary/aromatic N) is 6. The SMILES string of the molecule is Cc1nc2c(C#N)cnn2c(C)c1CCC(=O)N1CCN(CC(=O)NC(C)C)CC1. The van der Waals surface area contributed by atoms with Crippen molar-refractivity contribution in [3.8, 4) is 6.07 Å². The maximum Gasteiger partial charge on any atom is 0.234 e. The van der Waals surface area contributed by atoms with Gasteiger partial charge in [0.15, 0.2) is 5.65 Å². The molecule has 0 saturated carbocycles. The van der Waals surface area contributed by atoms with Gasteiger partial charge in [0, 0.05) is 50.0 Å². The second kappa shape index (κ2) is 9.22. The first-order valence-electron chi connectivity index (χ1n) is 10.3. The summed E-state index contributed by atoms with van der Waals surface area (Å²) in [6, 6.07) is 2.24. The fraction of sp³-hybridized carbons (Fsp3) is 0.571. The Morgan fingerprint density at radius 2 is 1.93 bits per heavy atom. The molecular weight excluding hydrogens is 382 g/mol. The zero-order valence-corrected chi connectivity index (χ0v) is 18.1. The van der Waals surface area contributed by atoms with E-state index in [4.69, 9.17) is 0 Å². The number of nitriles is 1. The number of hydrogen-bond acceptors (Lipinski definition) is 6. The minimum Gasteiger partial charge on any atom is -0.353 e. The van der Waals surface area contributed by atoms with E-state index in [9.17, 15) is 14.9 Å². The highest BCUT2D eigenvalue weighted by atomic mass is 16.2. The van der Waals surface area contributed by atoms with Crippen LogP contribution in [0.2, 0.25) is 0 Å². The Kier molecular flexibility index (Phi) is 6.67. The van der Waals surface area contributed by atoms with Crippen molar-refractivity contribution in [2.75, 3.05) is 32.7 Å². The summed E-state index contributed by atoms with van der Waals surface area (Å²) in [6.45, 7) is 10.8. The summed E-state index contributed by atoms with van der Waals surface area (Å²) in [7, 11) is 0. The fourth-order valence-electron chi connectivity index (χ4n) is 3.87. The minimum atomic E-state index is 0.0248. The number of rotatable bonds is 6. The Labute approximate surface area is 176 Å². The molecule has 3 heterocycles. The molecule has 1 N–H and O–H groups in total. The molecule has 3 rings (SSSR count). The van der Waals surface area contributed by atoms with E-state index >= 15 is 0 Å². The van der Waals surface area contributed by atoms with E-state index in [-0.39, 0.29) is 17.9 Å². The first-order chi connectivity index (χ1) is 14.3. The largest absolute Gasteiger partial charge is 0.353 e. The number of piperazine rings is 1. The van der Waals surface area contributed by atoms with Crippen molar-refractivity contribution in [3.63, 3.8) is 0 Å². The van der Waals surface area contributed by atoms with E-state index in [2.05, 4.69) is 26.4 Å². The molecule has 0 aliphatic carbocycles. The standard InChI is InChI=1S/C21H29N7O2/c1-14(2)24-19(29)13-26-7-9-27(10-8-26)20(30)6-5-18-15(3)25-21-17(11-22)12-23-28(21)16(18)4/h12,14H,5-10,13H2,1-4H3,(H,24,29). The molecule has 0 atom stereocenters. The summed E-state index contributed by atoms with van der Waals surface area (Å²) in [4.78, 5) is 33.1. The van der Waals surface area contributed by atoms with Gasteiger partial charge in [-0.25, -0.2) is 9.50 Å². The molecule has 2 aromatic heterocycles. The first-order valence-corrected chi connectivity index (χ1v) is 10.3. The molecule has 0 unspecified atom stereocenters. The Morgan fingerprint density at radius 1 is 1.23 bits per heavy atom. The van der Waals surface area contributed by atoms with Gasteiger partial charge >= 0.3 is 0 Å². The molecule has 30 heavy (non-hydrogen) atoms. The average molecular weight is 412 g/mol. The molecular formula is C21H29N7O2. The third-order valence-electron chi connectivity index (χ3n) is 5.46. The Hall–Kier alpha value is -2.99. The lowest BCUT2D eigenvalue weighted by Crippen LogP contribution is -2.51. The Balaban J connectivity index is 1.56. The van der Waals surface area contributed by atoms with Crippen molar-refractivity contribution in [3.05, 3.63) is 28.7 Å². The number of nitrogens with one attached hydrogen (secondary N) is 1. The summed E-state index contributed by atoms with van der Waals surface area (Å²) in [5.41, 5.74) is 3.73. The lowest BCUT2D eigenvalue weighted by atomic mass is 10.1. The number of hydrogen-bond donors (Lipinski definition) is 1. The molecule has 0 bridgehead atoms. The van der Waals surface area contributed by atoms with Gasteiger partial charge in [-0.3, -0.25) is 14.5 Å². The highest BCUT2D eigenvalue weighted by molar-refractivity contribution is 5.78. The molecule has 0 aromatic carbocycles. The van der Waals surface area contributed by atoms with Crippen LogP contribution in [0.3, 0.4) is 0 Å². The lowest BCUT2D eigenvalue weighted by Gasteiger charge is -2.34. The summed E-state index contributed by atoms with van der Waals surface area (Å²) in [5, 5.41) is 16.3. The Bertz CT molecular complexity index is 981. The number of amides is 2. The third kappa shape index (κ3) is 4.76. The van der Waals surface area contributed by atoms with Crippen LogP contribution >= 0.6 is 0 Å². The molecule has 0 spiro atoms. The molecule has 9 nitrogen and oxygen atoms in total. The van der Waals surface area contributed by atoms with Gasteiger partial charge in [-0.05, 0) is 39.7 Å². The van der Waals surface area contributed by atoms with Gasteiger partial charge in [0.1, 0.15) is 11.6 Å². The van der Waals surface area contributed by atoms with Crippen LogP contribution in [0.15, 0.2) is 6.20 Å². The average Bonchev–Trinajstić information content (AvgIpc) is 3.10. The first kappa shape index (κ1) is 21.7. The van der Waals surface area contributed by atoms with E-state index in [0.717, 1.165) is 17.0 Å². The van der Waals surface area contributed by atoms with Crippen LogP contribution in [0.25, 0.3) is 5.65 Å². The predicted molar refractivity (Wildman–Crippen MR) is 112 cm³/mol. The van der Waals surface area contributed by atoms with E-state index in [1.807, 2.05) is 32.6 Å². The zero-order chi connectivity index (χ0) is 21.8. The summed E-state index contributed by atoms with van der Waals surface area (Å²) < 4.78 is 1.67. The van der Waals surface area contributed by atoms with Crippen molar-refractivity contribution in [1.29, 1.82) is 5.26 Å². The number of aryl methyl sites for hydroxylation is 2. The number of fused-ring (bicyclic) bond motifs is 1. The fourth-order valence-corrected chi connectivity index (χ4v) is 3.87. The topological polar surface area (TPSA) is 107 Å². The van der Waals surface area contributed by atoms with Gasteiger partial charge in [-0.15, -0.1) is 0 Å². The van der Waals surface area contributed by atoms with E-state index < -0.39 is 0 Å². The van der Waals surface area contributed by atoms with Crippen LogP contribution < -0.4 is 5.32 Å². The van der Waals surface area contributed by atoms with Crippen molar-refractivity contribution < 1.29 is 9.59 Å². The maximum absolute atomic E-state index is 12.7. The minimum absolute atomic E-state index is 0.0248. The van der Waals surface area contributed by atoms with Gasteiger partial charge in [0.2, 0.25) is 11.8 Å². The van der Waals surface area contributed by atoms with Gasteiger partial charge in [0.05, 0.1) is 12.7 Å². The number of carbonyl (C=O) groups excluding carboxylic acids is 2. The molecule has 1 fully saturated rings. The molecule has 0 radical (unpaired) electrons. The van der Waals surface area contributed by atoms with Gasteiger partial charge in [-0.2, -0.15) is 10.4 Å². The third-order valence-corrected chi connectivity index (χ3v) is 5.46. The van der Waals surface area contributed by atoms with Crippen LogP contribution in [-0.4, -0.2) is 75.0 Å². The zero-order valence-electron chi connectivity index (χ0n) is 18.1. The smallest absolute Gasteiger partial charge is 0.234 e. The van der Waals surface area contributed by atoms with E-state index in [1.165, 1.54) is 6.20 Å². The second-order valence-corrected chi connectivity index (χ2v) is 8.05. The van der Waals surface area contributed by atoms with Crippen LogP contribution in [0.4, 0.5) is 0 Å². The van der Waals surface area contributed by atoms with Crippen LogP contribution in [0.5, 0.6) is 0 Å². The lowest BCUT2D eigenvalue weighted by molar-refractivity contribution is -0.133. The highest BCUT2D eigenvalue weighted by Gasteiger charge is 2.23. The predicted octanol–water partition coefficient (Wildman–Crippen LogP) is 0.819. The van der Waals surface area contributed by atoms with Crippen molar-refractivity contribution in [1.82, 2.24) is 29.7 Å². The van der Waals surface area contributed by atoms with E-state index in [1.54, 1.807) is 4.52 Å². The number of carbonyl (C=O) groups is 2. The van der Waals surface area contributed by atoms with Crippen molar-refractivity contribution in [2.45, 2.75) is 46.6 Å². The maximum atomic E-state index is 12.7. The molecule has 1 saturated heterocycles. The van der Waals surface area contributed by atoms with Crippen LogP contribution in [0, 0.1) is 25.2 Å². The normalized spacial score (nSPS) is 14.9. The molecule has 2 aromatic rings. The summed E-state index contributed by atoms with van der Waals surface area (Å²) in [5.74, 6) is 0.134. The van der Waals surface area contributed by atoms with Crippen molar-refractivity contribution in [2.24, 2.45) is 0 Å². The quantitative estimate of drug-likeness (QED) is 0.754. The van der Waals surface area contributed by atoms with Gasteiger partial charge in [-0.1, -0.05) is 0 Å². The molecule has 2 amide bonds. The monoisotopic (exact) mass is 411 g/mol. The Morgan fingerprint density at radius 3 is 2.57 bits per heavy atom. The number of aromatic nitrogens is 3. The molecule has 1 aliphatic rings. The van der Waals surface area contributed by atoms with Crippen LogP contribution in [0.1, 0.15) is 42.8 Å². The molecule has 9 heteroatoms. The summed E-state index contributed by atoms with van der Waals surface area (Å²) >= 11 is 0. The summed E-state index contributed by atoms with van der Waals surface area (Å²) in [6.07, 6.45) is 2.50. The van der Waals surface area contributed by atoms with Gasteiger partial charge < -0.3 is 10.2 Å².